The number of piperidine rings is 1. The molecule has 3 aliphatic rings. The summed E-state index contributed by atoms with van der Waals surface area (Å²) in [6, 6.07) is 6.66. The Morgan fingerprint density at radius 1 is 1.11 bits per heavy atom. The van der Waals surface area contributed by atoms with E-state index in [0.717, 1.165) is 37.9 Å². The molecule has 1 unspecified atom stereocenters. The van der Waals surface area contributed by atoms with Gasteiger partial charge in [0.15, 0.2) is 0 Å². The fourth-order valence-electron chi connectivity index (χ4n) is 4.69. The van der Waals surface area contributed by atoms with Crippen molar-refractivity contribution in [2.45, 2.75) is 50.7 Å². The second kappa shape index (κ2) is 8.08. The van der Waals surface area contributed by atoms with Gasteiger partial charge in [0.1, 0.15) is 11.9 Å². The molecule has 2 aliphatic heterocycles. The van der Waals surface area contributed by atoms with Crippen LogP contribution in [0.1, 0.15) is 44.1 Å². The summed E-state index contributed by atoms with van der Waals surface area (Å²) >= 11 is 0. The number of benzene rings is 1. The zero-order valence-electron chi connectivity index (χ0n) is 16.5. The lowest BCUT2D eigenvalue weighted by atomic mass is 9.87. The highest BCUT2D eigenvalue weighted by Gasteiger charge is 2.40. The standard InChI is InChI=1S/C23H29FN2O2/c1-16-2-4-17(5-3-16)14-26-13-11-22(23(26)28)25-12-10-20(21(24)15-25)18-6-8-19(27)9-7-18/h2,4,6-9,20-22,27H,3,5,10-15H2,1H3/t20-,21+,22?/m0/s1. The van der Waals surface area contributed by atoms with Crippen molar-refractivity contribution >= 4 is 5.91 Å². The first kappa shape index (κ1) is 19.2. The predicted molar refractivity (Wildman–Crippen MR) is 108 cm³/mol. The Morgan fingerprint density at radius 2 is 1.89 bits per heavy atom. The van der Waals surface area contributed by atoms with Crippen molar-refractivity contribution in [2.75, 3.05) is 26.2 Å². The molecule has 2 fully saturated rings. The summed E-state index contributed by atoms with van der Waals surface area (Å²) in [6.07, 6.45) is 6.91. The van der Waals surface area contributed by atoms with Crippen LogP contribution < -0.4 is 0 Å². The quantitative estimate of drug-likeness (QED) is 0.859. The smallest absolute Gasteiger partial charge is 0.240 e. The minimum atomic E-state index is -0.991. The summed E-state index contributed by atoms with van der Waals surface area (Å²) < 4.78 is 14.9. The third-order valence-corrected chi connectivity index (χ3v) is 6.44. The molecule has 28 heavy (non-hydrogen) atoms. The summed E-state index contributed by atoms with van der Waals surface area (Å²) in [7, 11) is 0. The van der Waals surface area contributed by atoms with E-state index in [1.165, 1.54) is 11.1 Å². The summed E-state index contributed by atoms with van der Waals surface area (Å²) in [6.45, 7) is 4.65. The van der Waals surface area contributed by atoms with E-state index in [2.05, 4.69) is 19.1 Å². The molecule has 2 heterocycles. The number of allylic oxidation sites excluding steroid dienone is 3. The zero-order chi connectivity index (χ0) is 19.7. The Labute approximate surface area is 166 Å². The highest BCUT2D eigenvalue weighted by molar-refractivity contribution is 5.84. The molecule has 0 saturated carbocycles. The number of halogens is 1. The molecule has 1 amide bonds. The summed E-state index contributed by atoms with van der Waals surface area (Å²) in [4.78, 5) is 16.9. The maximum absolute atomic E-state index is 14.9. The van der Waals surface area contributed by atoms with Gasteiger partial charge in [-0.15, -0.1) is 0 Å². The number of amides is 1. The second-order valence-electron chi connectivity index (χ2n) is 8.40. The maximum Gasteiger partial charge on any atom is 0.240 e. The van der Waals surface area contributed by atoms with Gasteiger partial charge in [0.25, 0.3) is 0 Å². The van der Waals surface area contributed by atoms with Crippen LogP contribution in [0, 0.1) is 0 Å². The van der Waals surface area contributed by atoms with Crippen LogP contribution in [0.3, 0.4) is 0 Å². The molecule has 0 radical (unpaired) electrons. The van der Waals surface area contributed by atoms with Crippen LogP contribution in [0.15, 0.2) is 47.6 Å². The van der Waals surface area contributed by atoms with E-state index in [1.54, 1.807) is 24.3 Å². The van der Waals surface area contributed by atoms with E-state index < -0.39 is 6.17 Å². The van der Waals surface area contributed by atoms with Gasteiger partial charge < -0.3 is 10.0 Å². The lowest BCUT2D eigenvalue weighted by molar-refractivity contribution is -0.132. The summed E-state index contributed by atoms with van der Waals surface area (Å²) in [5, 5.41) is 9.44. The van der Waals surface area contributed by atoms with Crippen molar-refractivity contribution in [2.24, 2.45) is 0 Å². The van der Waals surface area contributed by atoms with Crippen LogP contribution in [0.2, 0.25) is 0 Å². The minimum absolute atomic E-state index is 0.155. The van der Waals surface area contributed by atoms with Crippen LogP contribution in [-0.2, 0) is 4.79 Å². The van der Waals surface area contributed by atoms with Gasteiger partial charge in [0, 0.05) is 25.6 Å². The monoisotopic (exact) mass is 384 g/mol. The topological polar surface area (TPSA) is 43.8 Å². The maximum atomic E-state index is 14.9. The van der Waals surface area contributed by atoms with Gasteiger partial charge in [0.2, 0.25) is 5.91 Å². The number of likely N-dealkylation sites (tertiary alicyclic amines) is 2. The molecule has 4 nitrogen and oxygen atoms in total. The molecule has 1 aromatic rings. The summed E-state index contributed by atoms with van der Waals surface area (Å²) in [5.41, 5.74) is 3.63. The Balaban J connectivity index is 1.35. The highest BCUT2D eigenvalue weighted by atomic mass is 19.1. The Bertz CT molecular complexity index is 786. The molecule has 0 spiro atoms. The number of nitrogens with zero attached hydrogens (tertiary/aromatic N) is 2. The molecular formula is C23H29FN2O2. The fraction of sp³-hybridized carbons (Fsp3) is 0.522. The molecule has 150 valence electrons. The number of phenolic OH excluding ortho intramolecular Hbond substituents is 1. The van der Waals surface area contributed by atoms with E-state index in [4.69, 9.17) is 0 Å². The SMILES string of the molecule is CC1=CC=C(CN2CCC(N3CC[C@@H](c4ccc(O)cc4)[C@H](F)C3)C2=O)CC1. The van der Waals surface area contributed by atoms with Crippen molar-refractivity contribution in [3.05, 3.63) is 53.1 Å². The molecule has 1 N–H and O–H groups in total. The molecule has 0 aromatic heterocycles. The number of hydrogen-bond donors (Lipinski definition) is 1. The van der Waals surface area contributed by atoms with Gasteiger partial charge in [0.05, 0.1) is 6.04 Å². The predicted octanol–water partition coefficient (Wildman–Crippen LogP) is 3.79. The molecule has 3 atom stereocenters. The van der Waals surface area contributed by atoms with Crippen molar-refractivity contribution in [3.63, 3.8) is 0 Å². The lowest BCUT2D eigenvalue weighted by Gasteiger charge is -2.37. The number of carbonyl (C=O) groups excluding carboxylic acids is 1. The first-order valence-electron chi connectivity index (χ1n) is 10.3. The van der Waals surface area contributed by atoms with Crippen molar-refractivity contribution in [1.82, 2.24) is 9.80 Å². The van der Waals surface area contributed by atoms with E-state index in [-0.39, 0.29) is 23.6 Å². The molecule has 1 aliphatic carbocycles. The number of carbonyl (C=O) groups is 1. The Hall–Kier alpha value is -2.14. The fourth-order valence-corrected chi connectivity index (χ4v) is 4.69. The summed E-state index contributed by atoms with van der Waals surface area (Å²) in [5.74, 6) is 0.196. The van der Waals surface area contributed by atoms with Crippen molar-refractivity contribution in [1.29, 1.82) is 0 Å². The molecule has 0 bridgehead atoms. The second-order valence-corrected chi connectivity index (χ2v) is 8.40. The van der Waals surface area contributed by atoms with Crippen molar-refractivity contribution < 1.29 is 14.3 Å². The molecular weight excluding hydrogens is 355 g/mol. The Kier molecular flexibility index (Phi) is 5.54. The van der Waals surface area contributed by atoms with Gasteiger partial charge in [-0.2, -0.15) is 0 Å². The average Bonchev–Trinajstić information content (AvgIpc) is 3.05. The van der Waals surface area contributed by atoms with Crippen LogP contribution in [-0.4, -0.2) is 59.2 Å². The normalized spacial score (nSPS) is 29.0. The average molecular weight is 384 g/mol. The number of alkyl halides is 1. The van der Waals surface area contributed by atoms with E-state index in [1.807, 2.05) is 9.80 Å². The van der Waals surface area contributed by atoms with Gasteiger partial charge in [-0.3, -0.25) is 9.69 Å². The third-order valence-electron chi connectivity index (χ3n) is 6.44. The molecule has 2 saturated heterocycles. The highest BCUT2D eigenvalue weighted by Crippen LogP contribution is 2.33. The number of phenols is 1. The van der Waals surface area contributed by atoms with Gasteiger partial charge in [-0.25, -0.2) is 4.39 Å². The zero-order valence-corrected chi connectivity index (χ0v) is 16.5. The first-order chi connectivity index (χ1) is 13.5. The van der Waals surface area contributed by atoms with E-state index in [0.29, 0.717) is 19.5 Å². The van der Waals surface area contributed by atoms with Gasteiger partial charge >= 0.3 is 0 Å². The number of rotatable bonds is 4. The Morgan fingerprint density at radius 3 is 2.57 bits per heavy atom. The third kappa shape index (κ3) is 4.00. The first-order valence-corrected chi connectivity index (χ1v) is 10.3. The van der Waals surface area contributed by atoms with Crippen molar-refractivity contribution in [3.8, 4) is 5.75 Å². The molecule has 5 heteroatoms. The largest absolute Gasteiger partial charge is 0.508 e. The van der Waals surface area contributed by atoms with Gasteiger partial charge in [-0.1, -0.05) is 35.4 Å². The molecule has 1 aromatic carbocycles. The van der Waals surface area contributed by atoms with Crippen LogP contribution >= 0.6 is 0 Å². The minimum Gasteiger partial charge on any atom is -0.508 e. The lowest BCUT2D eigenvalue weighted by Crippen LogP contribution is -2.49. The number of aromatic hydroxyl groups is 1. The van der Waals surface area contributed by atoms with Crippen LogP contribution in [0.4, 0.5) is 4.39 Å². The van der Waals surface area contributed by atoms with Crippen LogP contribution in [0.5, 0.6) is 5.75 Å². The number of hydrogen-bond acceptors (Lipinski definition) is 3. The van der Waals surface area contributed by atoms with E-state index >= 15 is 0 Å². The van der Waals surface area contributed by atoms with Crippen LogP contribution in [0.25, 0.3) is 0 Å². The van der Waals surface area contributed by atoms with E-state index in [9.17, 15) is 14.3 Å². The van der Waals surface area contributed by atoms with Gasteiger partial charge in [-0.05, 0) is 56.8 Å². The molecule has 4 rings (SSSR count).